The molecule has 0 saturated carbocycles. The van der Waals surface area contributed by atoms with Crippen LogP contribution in [0, 0.1) is 35.4 Å². The lowest BCUT2D eigenvalue weighted by Gasteiger charge is -2.14. The number of pyridine rings is 1. The number of hydrogen-bond acceptors (Lipinski definition) is 5. The van der Waals surface area contributed by atoms with Gasteiger partial charge in [0, 0.05) is 17.8 Å². The Labute approximate surface area is 223 Å². The Bertz CT molecular complexity index is 1330. The second kappa shape index (κ2) is 14.0. The summed E-state index contributed by atoms with van der Waals surface area (Å²) in [5.41, 5.74) is 12.5. The van der Waals surface area contributed by atoms with E-state index in [1.807, 2.05) is 30.3 Å². The van der Waals surface area contributed by atoms with Gasteiger partial charge in [-0.05, 0) is 55.5 Å². The first-order valence-electron chi connectivity index (χ1n) is 12.1. The fraction of sp³-hybridized carbons (Fsp3) is 0.250. The van der Waals surface area contributed by atoms with E-state index in [2.05, 4.69) is 27.5 Å². The van der Waals surface area contributed by atoms with E-state index in [0.29, 0.717) is 37.9 Å². The van der Waals surface area contributed by atoms with Gasteiger partial charge in [0.15, 0.2) is 11.6 Å². The van der Waals surface area contributed by atoms with E-state index in [1.54, 1.807) is 0 Å². The maximum atomic E-state index is 13.7. The number of nitrogens with zero attached hydrogens (tertiary/aromatic N) is 1. The van der Waals surface area contributed by atoms with Crippen LogP contribution < -0.4 is 22.1 Å². The SMILES string of the molecule is NC(Cc1ccccc1)C(=O)NCCCCC(N)C(=O)Nc1ccc(C#Cc2c(F)c(F)nc(F)c2F)cc1. The molecule has 0 aliphatic rings. The van der Waals surface area contributed by atoms with Gasteiger partial charge in [0.25, 0.3) is 11.9 Å². The zero-order valence-corrected chi connectivity index (χ0v) is 20.8. The lowest BCUT2D eigenvalue weighted by Crippen LogP contribution is -2.42. The van der Waals surface area contributed by atoms with Gasteiger partial charge in [-0.3, -0.25) is 9.59 Å². The third-order valence-electron chi connectivity index (χ3n) is 5.69. The number of halogens is 4. The van der Waals surface area contributed by atoms with E-state index in [-0.39, 0.29) is 11.5 Å². The van der Waals surface area contributed by atoms with Crippen LogP contribution in [0.2, 0.25) is 0 Å². The van der Waals surface area contributed by atoms with Crippen molar-refractivity contribution in [2.45, 2.75) is 37.8 Å². The van der Waals surface area contributed by atoms with Crippen LogP contribution in [-0.2, 0) is 16.0 Å². The molecule has 1 heterocycles. The summed E-state index contributed by atoms with van der Waals surface area (Å²) in [5, 5.41) is 5.43. The number of unbranched alkanes of at least 4 members (excludes halogenated alkanes) is 1. The molecule has 0 spiro atoms. The zero-order valence-electron chi connectivity index (χ0n) is 20.8. The van der Waals surface area contributed by atoms with Gasteiger partial charge in [0.05, 0.1) is 12.1 Å². The van der Waals surface area contributed by atoms with Crippen LogP contribution in [0.5, 0.6) is 0 Å². The highest BCUT2D eigenvalue weighted by Gasteiger charge is 2.19. The molecular formula is C28H27F4N5O2. The van der Waals surface area contributed by atoms with Gasteiger partial charge in [0.2, 0.25) is 11.8 Å². The van der Waals surface area contributed by atoms with Crippen LogP contribution >= 0.6 is 0 Å². The van der Waals surface area contributed by atoms with Crippen molar-refractivity contribution >= 4 is 17.5 Å². The molecule has 0 fully saturated rings. The molecule has 7 nitrogen and oxygen atoms in total. The number of rotatable bonds is 10. The molecule has 2 amide bonds. The second-order valence-corrected chi connectivity index (χ2v) is 8.70. The number of anilines is 1. The van der Waals surface area contributed by atoms with Gasteiger partial charge in [-0.1, -0.05) is 42.2 Å². The smallest absolute Gasteiger partial charge is 0.253 e. The van der Waals surface area contributed by atoms with Crippen molar-refractivity contribution < 1.29 is 27.2 Å². The molecule has 2 unspecified atom stereocenters. The average Bonchev–Trinajstić information content (AvgIpc) is 2.92. The van der Waals surface area contributed by atoms with Crippen molar-refractivity contribution in [1.29, 1.82) is 0 Å². The van der Waals surface area contributed by atoms with Crippen LogP contribution in [0.1, 0.15) is 36.0 Å². The van der Waals surface area contributed by atoms with E-state index < -0.39 is 47.1 Å². The molecule has 6 N–H and O–H groups in total. The summed E-state index contributed by atoms with van der Waals surface area (Å²) >= 11 is 0. The molecular weight excluding hydrogens is 514 g/mol. The van der Waals surface area contributed by atoms with E-state index in [4.69, 9.17) is 11.5 Å². The third-order valence-corrected chi connectivity index (χ3v) is 5.69. The summed E-state index contributed by atoms with van der Waals surface area (Å²) in [5.74, 6) is -3.17. The number of hydrogen-bond donors (Lipinski definition) is 4. The van der Waals surface area contributed by atoms with Crippen LogP contribution in [0.3, 0.4) is 0 Å². The molecule has 39 heavy (non-hydrogen) atoms. The minimum absolute atomic E-state index is 0.246. The summed E-state index contributed by atoms with van der Waals surface area (Å²) in [6.07, 6.45) is 2.04. The van der Waals surface area contributed by atoms with E-state index >= 15 is 0 Å². The summed E-state index contributed by atoms with van der Waals surface area (Å²) in [6, 6.07) is 13.9. The Kier molecular flexibility index (Phi) is 10.5. The average molecular weight is 542 g/mol. The normalized spacial score (nSPS) is 12.2. The number of carbonyl (C=O) groups is 2. The Morgan fingerprint density at radius 2 is 1.46 bits per heavy atom. The van der Waals surface area contributed by atoms with Gasteiger partial charge in [-0.2, -0.15) is 13.8 Å². The minimum atomic E-state index is -1.79. The molecule has 0 aliphatic heterocycles. The van der Waals surface area contributed by atoms with Crippen molar-refractivity contribution in [2.24, 2.45) is 11.5 Å². The fourth-order valence-corrected chi connectivity index (χ4v) is 3.53. The van der Waals surface area contributed by atoms with Gasteiger partial charge < -0.3 is 22.1 Å². The topological polar surface area (TPSA) is 123 Å². The van der Waals surface area contributed by atoms with Crippen molar-refractivity contribution in [2.75, 3.05) is 11.9 Å². The molecule has 2 aromatic carbocycles. The van der Waals surface area contributed by atoms with Crippen LogP contribution in [0.4, 0.5) is 23.2 Å². The Hall–Kier alpha value is -4.27. The van der Waals surface area contributed by atoms with E-state index in [0.717, 1.165) is 5.56 Å². The van der Waals surface area contributed by atoms with Gasteiger partial charge in [-0.25, -0.2) is 8.78 Å². The first-order chi connectivity index (χ1) is 18.7. The van der Waals surface area contributed by atoms with Crippen LogP contribution in [0.15, 0.2) is 54.6 Å². The van der Waals surface area contributed by atoms with Gasteiger partial charge in [0.1, 0.15) is 5.56 Å². The third kappa shape index (κ3) is 8.63. The Morgan fingerprint density at radius 3 is 2.10 bits per heavy atom. The van der Waals surface area contributed by atoms with Crippen LogP contribution in [-0.4, -0.2) is 35.4 Å². The quantitative estimate of drug-likeness (QED) is 0.136. The highest BCUT2D eigenvalue weighted by Crippen LogP contribution is 2.16. The Balaban J connectivity index is 1.40. The molecule has 204 valence electrons. The maximum absolute atomic E-state index is 13.7. The summed E-state index contributed by atoms with van der Waals surface area (Å²) < 4.78 is 53.7. The largest absolute Gasteiger partial charge is 0.355 e. The van der Waals surface area contributed by atoms with E-state index in [9.17, 15) is 27.2 Å². The summed E-state index contributed by atoms with van der Waals surface area (Å²) in [6.45, 7) is 0.407. The highest BCUT2D eigenvalue weighted by atomic mass is 19.2. The fourth-order valence-electron chi connectivity index (χ4n) is 3.53. The molecule has 0 saturated heterocycles. The summed E-state index contributed by atoms with van der Waals surface area (Å²) in [7, 11) is 0. The van der Waals surface area contributed by atoms with Crippen LogP contribution in [0.25, 0.3) is 0 Å². The monoisotopic (exact) mass is 541 g/mol. The molecule has 3 aromatic rings. The zero-order chi connectivity index (χ0) is 28.4. The van der Waals surface area contributed by atoms with Gasteiger partial charge >= 0.3 is 0 Å². The summed E-state index contributed by atoms with van der Waals surface area (Å²) in [4.78, 5) is 27.0. The molecule has 1 aromatic heterocycles. The van der Waals surface area contributed by atoms with Crippen molar-refractivity contribution in [1.82, 2.24) is 10.3 Å². The number of benzene rings is 2. The number of aromatic nitrogens is 1. The lowest BCUT2D eigenvalue weighted by molar-refractivity contribution is -0.122. The predicted molar refractivity (Wildman–Crippen MR) is 138 cm³/mol. The number of nitrogens with two attached hydrogens (primary N) is 2. The first-order valence-corrected chi connectivity index (χ1v) is 12.1. The highest BCUT2D eigenvalue weighted by molar-refractivity contribution is 5.94. The molecule has 11 heteroatoms. The standard InChI is InChI=1S/C28H27F4N5O2/c29-23-20(24(30)26(32)37-25(23)31)14-11-17-9-12-19(13-10-17)36-28(39)21(33)8-4-5-15-35-27(38)22(34)16-18-6-2-1-3-7-18/h1-3,6-7,9-10,12-13,21-22H,4-5,8,15-16,33-34H2,(H,35,38)(H,36,39). The first kappa shape index (κ1) is 29.3. The lowest BCUT2D eigenvalue weighted by atomic mass is 10.1. The van der Waals surface area contributed by atoms with E-state index in [1.165, 1.54) is 24.3 Å². The predicted octanol–water partition coefficient (Wildman–Crippen LogP) is 3.16. The molecule has 0 radical (unpaired) electrons. The number of amides is 2. The second-order valence-electron chi connectivity index (χ2n) is 8.70. The van der Waals surface area contributed by atoms with Gasteiger partial charge in [-0.15, -0.1) is 0 Å². The number of carbonyl (C=O) groups excluding carboxylic acids is 2. The Morgan fingerprint density at radius 1 is 0.821 bits per heavy atom. The molecule has 0 bridgehead atoms. The van der Waals surface area contributed by atoms with Crippen molar-refractivity contribution in [3.63, 3.8) is 0 Å². The number of nitrogens with one attached hydrogen (secondary N) is 2. The minimum Gasteiger partial charge on any atom is -0.355 e. The molecule has 2 atom stereocenters. The van der Waals surface area contributed by atoms with Crippen molar-refractivity contribution in [3.05, 3.63) is 94.8 Å². The van der Waals surface area contributed by atoms with Crippen molar-refractivity contribution in [3.8, 4) is 11.8 Å². The molecule has 0 aliphatic carbocycles. The molecule has 3 rings (SSSR count). The maximum Gasteiger partial charge on any atom is 0.253 e.